The van der Waals surface area contributed by atoms with Crippen LogP contribution in [0.25, 0.3) is 0 Å². The number of hydrogen-bond acceptors (Lipinski definition) is 1. The summed E-state index contributed by atoms with van der Waals surface area (Å²) in [7, 11) is 1.51. The van der Waals surface area contributed by atoms with Crippen molar-refractivity contribution in [1.82, 2.24) is 0 Å². The number of rotatable bonds is 3. The van der Waals surface area contributed by atoms with Crippen LogP contribution in [0, 0.1) is 12.7 Å². The van der Waals surface area contributed by atoms with Crippen molar-refractivity contribution >= 4 is 11.6 Å². The van der Waals surface area contributed by atoms with E-state index in [0.717, 1.165) is 11.1 Å². The Morgan fingerprint density at radius 1 is 1.11 bits per heavy atom. The van der Waals surface area contributed by atoms with Crippen molar-refractivity contribution in [2.75, 3.05) is 7.11 Å². The quantitative estimate of drug-likeness (QED) is 0.743. The van der Waals surface area contributed by atoms with Gasteiger partial charge >= 0.3 is 0 Å². The summed E-state index contributed by atoms with van der Waals surface area (Å²) in [4.78, 5) is 0. The van der Waals surface area contributed by atoms with Crippen LogP contribution >= 0.6 is 11.6 Å². The molecule has 1 atom stereocenters. The van der Waals surface area contributed by atoms with Gasteiger partial charge < -0.3 is 4.74 Å². The second kappa shape index (κ2) is 5.40. The van der Waals surface area contributed by atoms with Crippen LogP contribution in [0.1, 0.15) is 22.1 Å². The molecule has 0 aliphatic carbocycles. The van der Waals surface area contributed by atoms with Crippen LogP contribution in [0.5, 0.6) is 5.75 Å². The topological polar surface area (TPSA) is 9.23 Å². The Kier molecular flexibility index (Phi) is 3.87. The Hall–Kier alpha value is -1.54. The van der Waals surface area contributed by atoms with Crippen LogP contribution in [0.4, 0.5) is 4.39 Å². The molecule has 0 heterocycles. The molecule has 0 saturated heterocycles. The van der Waals surface area contributed by atoms with Gasteiger partial charge in [0.1, 0.15) is 11.6 Å². The maximum atomic E-state index is 13.9. The summed E-state index contributed by atoms with van der Waals surface area (Å²) in [6.45, 7) is 2.00. The van der Waals surface area contributed by atoms with Crippen molar-refractivity contribution in [2.45, 2.75) is 12.3 Å². The highest BCUT2D eigenvalue weighted by molar-refractivity contribution is 6.22. The van der Waals surface area contributed by atoms with Gasteiger partial charge in [-0.2, -0.15) is 0 Å². The number of ether oxygens (including phenoxy) is 1. The Bertz CT molecular complexity index is 537. The lowest BCUT2D eigenvalue weighted by atomic mass is 10.0. The Balaban J connectivity index is 2.33. The van der Waals surface area contributed by atoms with Gasteiger partial charge in [-0.1, -0.05) is 35.9 Å². The van der Waals surface area contributed by atoms with Gasteiger partial charge in [0.25, 0.3) is 0 Å². The molecule has 0 N–H and O–H groups in total. The van der Waals surface area contributed by atoms with Crippen molar-refractivity contribution in [2.24, 2.45) is 0 Å². The highest BCUT2D eigenvalue weighted by Crippen LogP contribution is 2.32. The van der Waals surface area contributed by atoms with Gasteiger partial charge in [-0.05, 0) is 18.6 Å². The Morgan fingerprint density at radius 2 is 1.78 bits per heavy atom. The Morgan fingerprint density at radius 3 is 2.33 bits per heavy atom. The number of hydrogen-bond donors (Lipinski definition) is 0. The van der Waals surface area contributed by atoms with Crippen molar-refractivity contribution in [3.05, 3.63) is 65.0 Å². The zero-order valence-corrected chi connectivity index (χ0v) is 11.0. The van der Waals surface area contributed by atoms with Gasteiger partial charge in [0.05, 0.1) is 12.5 Å². The van der Waals surface area contributed by atoms with Gasteiger partial charge in [-0.15, -0.1) is 11.6 Å². The second-order valence-electron chi connectivity index (χ2n) is 4.16. The van der Waals surface area contributed by atoms with Gasteiger partial charge in [0, 0.05) is 11.6 Å². The van der Waals surface area contributed by atoms with E-state index in [1.807, 2.05) is 31.2 Å². The van der Waals surface area contributed by atoms with Crippen LogP contribution in [-0.2, 0) is 0 Å². The van der Waals surface area contributed by atoms with Gasteiger partial charge in [0.2, 0.25) is 0 Å². The lowest BCUT2D eigenvalue weighted by Crippen LogP contribution is -1.98. The van der Waals surface area contributed by atoms with Crippen LogP contribution < -0.4 is 4.74 Å². The van der Waals surface area contributed by atoms with Crippen LogP contribution in [0.2, 0.25) is 0 Å². The molecule has 0 aromatic heterocycles. The number of aryl methyl sites for hydroxylation is 1. The van der Waals surface area contributed by atoms with E-state index < -0.39 is 5.38 Å². The molecule has 0 saturated carbocycles. The van der Waals surface area contributed by atoms with Gasteiger partial charge in [-0.25, -0.2) is 4.39 Å². The molecular weight excluding hydrogens is 251 g/mol. The van der Waals surface area contributed by atoms with E-state index in [1.165, 1.54) is 13.2 Å². The number of halogens is 2. The summed E-state index contributed by atoms with van der Waals surface area (Å²) in [6.07, 6.45) is 0. The third-order valence-electron chi connectivity index (χ3n) is 2.85. The fourth-order valence-corrected chi connectivity index (χ4v) is 2.08. The summed E-state index contributed by atoms with van der Waals surface area (Å²) in [6, 6.07) is 12.5. The van der Waals surface area contributed by atoms with E-state index in [4.69, 9.17) is 16.3 Å². The first-order chi connectivity index (χ1) is 8.61. The summed E-state index contributed by atoms with van der Waals surface area (Å²) < 4.78 is 18.9. The van der Waals surface area contributed by atoms with Crippen LogP contribution in [-0.4, -0.2) is 7.11 Å². The first-order valence-electron chi connectivity index (χ1n) is 5.66. The van der Waals surface area contributed by atoms with Crippen molar-refractivity contribution in [3.63, 3.8) is 0 Å². The lowest BCUT2D eigenvalue weighted by Gasteiger charge is -2.12. The molecule has 0 aliphatic rings. The molecule has 0 bridgehead atoms. The average Bonchev–Trinajstić information content (AvgIpc) is 2.38. The first kappa shape index (κ1) is 12.9. The summed E-state index contributed by atoms with van der Waals surface area (Å²) in [5, 5.41) is -0.489. The van der Waals surface area contributed by atoms with Gasteiger partial charge in [-0.3, -0.25) is 0 Å². The van der Waals surface area contributed by atoms with Crippen molar-refractivity contribution < 1.29 is 9.13 Å². The predicted molar refractivity (Wildman–Crippen MR) is 71.8 cm³/mol. The van der Waals surface area contributed by atoms with Crippen molar-refractivity contribution in [3.8, 4) is 5.75 Å². The standard InChI is InChI=1S/C15H14ClFO/c1-10-3-5-11(6-4-10)15(16)13-8-7-12(18-2)9-14(13)17/h3-9,15H,1-2H3. The molecule has 1 nitrogen and oxygen atoms in total. The van der Waals surface area contributed by atoms with Gasteiger partial charge in [0.15, 0.2) is 0 Å². The van der Waals surface area contributed by atoms with Crippen LogP contribution in [0.15, 0.2) is 42.5 Å². The fourth-order valence-electron chi connectivity index (χ4n) is 1.76. The molecule has 3 heteroatoms. The number of methoxy groups -OCH3 is 1. The summed E-state index contributed by atoms with van der Waals surface area (Å²) in [5.74, 6) is 0.138. The third-order valence-corrected chi connectivity index (χ3v) is 3.34. The van der Waals surface area contributed by atoms with Crippen LogP contribution in [0.3, 0.4) is 0 Å². The molecule has 0 radical (unpaired) electrons. The first-order valence-corrected chi connectivity index (χ1v) is 6.09. The molecule has 0 aliphatic heterocycles. The second-order valence-corrected chi connectivity index (χ2v) is 4.60. The smallest absolute Gasteiger partial charge is 0.131 e. The molecule has 2 aromatic rings. The zero-order chi connectivity index (χ0) is 13.1. The summed E-state index contributed by atoms with van der Waals surface area (Å²) in [5.41, 5.74) is 2.49. The monoisotopic (exact) mass is 264 g/mol. The van der Waals surface area contributed by atoms with E-state index >= 15 is 0 Å². The molecule has 18 heavy (non-hydrogen) atoms. The predicted octanol–water partition coefficient (Wildman–Crippen LogP) is 4.47. The lowest BCUT2D eigenvalue weighted by molar-refractivity contribution is 0.410. The van der Waals surface area contributed by atoms with E-state index in [1.54, 1.807) is 12.1 Å². The zero-order valence-electron chi connectivity index (χ0n) is 10.3. The minimum Gasteiger partial charge on any atom is -0.497 e. The molecule has 1 unspecified atom stereocenters. The van der Waals surface area contributed by atoms with E-state index in [0.29, 0.717) is 11.3 Å². The highest BCUT2D eigenvalue weighted by Gasteiger charge is 2.15. The molecular formula is C15H14ClFO. The van der Waals surface area contributed by atoms with E-state index in [2.05, 4.69) is 0 Å². The maximum absolute atomic E-state index is 13.9. The fraction of sp³-hybridized carbons (Fsp3) is 0.200. The molecule has 2 rings (SSSR count). The minimum atomic E-state index is -0.489. The maximum Gasteiger partial charge on any atom is 0.131 e. The minimum absolute atomic E-state index is 0.352. The molecule has 0 fully saturated rings. The molecule has 94 valence electrons. The number of benzene rings is 2. The number of alkyl halides is 1. The molecule has 0 spiro atoms. The SMILES string of the molecule is COc1ccc(C(Cl)c2ccc(C)cc2)c(F)c1. The largest absolute Gasteiger partial charge is 0.497 e. The Labute approximate surface area is 111 Å². The van der Waals surface area contributed by atoms with Crippen molar-refractivity contribution in [1.29, 1.82) is 0 Å². The average molecular weight is 265 g/mol. The summed E-state index contributed by atoms with van der Waals surface area (Å²) >= 11 is 6.30. The van der Waals surface area contributed by atoms with E-state index in [-0.39, 0.29) is 5.82 Å². The highest BCUT2D eigenvalue weighted by atomic mass is 35.5. The normalized spacial score (nSPS) is 12.2. The third kappa shape index (κ3) is 2.65. The van der Waals surface area contributed by atoms with E-state index in [9.17, 15) is 4.39 Å². The molecule has 2 aromatic carbocycles. The molecule has 0 amide bonds.